The number of rotatable bonds is 8. The van der Waals surface area contributed by atoms with Gasteiger partial charge < -0.3 is 11.1 Å². The Hall–Kier alpha value is -0.860. The van der Waals surface area contributed by atoms with Gasteiger partial charge in [-0.2, -0.15) is 0 Å². The van der Waals surface area contributed by atoms with Crippen LogP contribution >= 0.6 is 0 Å². The molecule has 2 nitrogen and oxygen atoms in total. The van der Waals surface area contributed by atoms with Crippen molar-refractivity contribution in [3.05, 3.63) is 35.4 Å². The normalized spacial score (nSPS) is 11.8. The van der Waals surface area contributed by atoms with Crippen LogP contribution in [0.15, 0.2) is 24.3 Å². The molecule has 0 saturated carbocycles. The van der Waals surface area contributed by atoms with Crippen molar-refractivity contribution in [3.8, 4) is 0 Å². The van der Waals surface area contributed by atoms with Gasteiger partial charge in [-0.15, -0.1) is 0 Å². The van der Waals surface area contributed by atoms with Crippen LogP contribution in [-0.4, -0.2) is 19.6 Å². The molecular weight excluding hydrogens is 220 g/mol. The predicted molar refractivity (Wildman–Crippen MR) is 79.8 cm³/mol. The topological polar surface area (TPSA) is 38.0 Å². The summed E-state index contributed by atoms with van der Waals surface area (Å²) in [5.74, 6) is 0. The fourth-order valence-electron chi connectivity index (χ4n) is 1.89. The summed E-state index contributed by atoms with van der Waals surface area (Å²) in [6.07, 6.45) is 3.49. The van der Waals surface area contributed by atoms with E-state index in [2.05, 4.69) is 50.4 Å². The molecule has 0 aliphatic carbocycles. The molecule has 0 saturated heterocycles. The highest BCUT2D eigenvalue weighted by atomic mass is 14.9. The zero-order valence-electron chi connectivity index (χ0n) is 12.1. The van der Waals surface area contributed by atoms with Crippen molar-refractivity contribution in [1.82, 2.24) is 5.32 Å². The summed E-state index contributed by atoms with van der Waals surface area (Å²) < 4.78 is 0. The summed E-state index contributed by atoms with van der Waals surface area (Å²) in [6, 6.07) is 9.01. The molecule has 2 heteroatoms. The molecule has 0 aromatic heterocycles. The van der Waals surface area contributed by atoms with Gasteiger partial charge >= 0.3 is 0 Å². The minimum absolute atomic E-state index is 0.199. The minimum atomic E-state index is 0.199. The summed E-state index contributed by atoms with van der Waals surface area (Å²) in [4.78, 5) is 0. The third-order valence-electron chi connectivity index (χ3n) is 3.31. The zero-order valence-corrected chi connectivity index (χ0v) is 12.1. The van der Waals surface area contributed by atoms with E-state index in [0.29, 0.717) is 0 Å². The molecule has 0 spiro atoms. The summed E-state index contributed by atoms with van der Waals surface area (Å²) in [5.41, 5.74) is 8.76. The maximum Gasteiger partial charge on any atom is 0.00147 e. The Morgan fingerprint density at radius 2 is 1.61 bits per heavy atom. The van der Waals surface area contributed by atoms with Crippen LogP contribution in [0.4, 0.5) is 0 Å². The standard InChI is InChI=1S/C16H28N2/c1-4-5-14-6-8-15(9-7-14)10-11-18-13-16(2,3)12-17/h6-9,18H,4-5,10-13,17H2,1-3H3. The molecule has 0 fully saturated rings. The molecule has 0 heterocycles. The van der Waals surface area contributed by atoms with Crippen molar-refractivity contribution in [2.45, 2.75) is 40.0 Å². The molecule has 0 bridgehead atoms. The average molecular weight is 248 g/mol. The van der Waals surface area contributed by atoms with Crippen molar-refractivity contribution in [1.29, 1.82) is 0 Å². The van der Waals surface area contributed by atoms with Gasteiger partial charge in [0.1, 0.15) is 0 Å². The first-order valence-electron chi connectivity index (χ1n) is 7.06. The fraction of sp³-hybridized carbons (Fsp3) is 0.625. The molecule has 1 aromatic rings. The van der Waals surface area contributed by atoms with Gasteiger partial charge in [-0.25, -0.2) is 0 Å². The van der Waals surface area contributed by atoms with Crippen LogP contribution in [0.2, 0.25) is 0 Å². The molecular formula is C16H28N2. The Labute approximate surface area is 112 Å². The van der Waals surface area contributed by atoms with E-state index in [1.165, 1.54) is 24.0 Å². The van der Waals surface area contributed by atoms with Crippen molar-refractivity contribution in [3.63, 3.8) is 0 Å². The molecule has 0 aliphatic rings. The Morgan fingerprint density at radius 3 is 2.11 bits per heavy atom. The fourth-order valence-corrected chi connectivity index (χ4v) is 1.89. The van der Waals surface area contributed by atoms with Gasteiger partial charge in [0.05, 0.1) is 0 Å². The first kappa shape index (κ1) is 15.2. The molecule has 0 unspecified atom stereocenters. The second-order valence-electron chi connectivity index (χ2n) is 5.86. The maximum atomic E-state index is 5.70. The lowest BCUT2D eigenvalue weighted by atomic mass is 9.94. The number of nitrogens with two attached hydrogens (primary N) is 1. The summed E-state index contributed by atoms with van der Waals surface area (Å²) >= 11 is 0. The summed E-state index contributed by atoms with van der Waals surface area (Å²) in [7, 11) is 0. The van der Waals surface area contributed by atoms with Crippen LogP contribution in [0.3, 0.4) is 0 Å². The smallest absolute Gasteiger partial charge is 0.00147 e. The number of aryl methyl sites for hydroxylation is 1. The van der Waals surface area contributed by atoms with Crippen molar-refractivity contribution in [2.24, 2.45) is 11.1 Å². The van der Waals surface area contributed by atoms with E-state index >= 15 is 0 Å². The Kier molecular flexibility index (Phi) is 6.37. The first-order valence-corrected chi connectivity index (χ1v) is 7.06. The molecule has 0 amide bonds. The van der Waals surface area contributed by atoms with Gasteiger partial charge in [0, 0.05) is 6.54 Å². The zero-order chi connectivity index (χ0) is 13.4. The Bertz CT molecular complexity index is 327. The predicted octanol–water partition coefficient (Wildman–Crippen LogP) is 2.76. The van der Waals surface area contributed by atoms with Crippen LogP contribution in [0, 0.1) is 5.41 Å². The highest BCUT2D eigenvalue weighted by Crippen LogP contribution is 2.10. The third-order valence-corrected chi connectivity index (χ3v) is 3.31. The molecule has 0 radical (unpaired) electrons. The van der Waals surface area contributed by atoms with Crippen molar-refractivity contribution >= 4 is 0 Å². The molecule has 1 rings (SSSR count). The van der Waals surface area contributed by atoms with E-state index in [9.17, 15) is 0 Å². The van der Waals surface area contributed by atoms with Crippen LogP contribution in [0.1, 0.15) is 38.3 Å². The maximum absolute atomic E-state index is 5.70. The summed E-state index contributed by atoms with van der Waals surface area (Å²) in [6.45, 7) is 9.34. The van der Waals surface area contributed by atoms with E-state index in [1.807, 2.05) is 0 Å². The largest absolute Gasteiger partial charge is 0.330 e. The SMILES string of the molecule is CCCc1ccc(CCNCC(C)(C)CN)cc1. The molecule has 1 aromatic carbocycles. The van der Waals surface area contributed by atoms with Crippen LogP contribution < -0.4 is 11.1 Å². The van der Waals surface area contributed by atoms with Gasteiger partial charge in [-0.1, -0.05) is 51.5 Å². The molecule has 0 atom stereocenters. The van der Waals surface area contributed by atoms with Gasteiger partial charge in [-0.3, -0.25) is 0 Å². The minimum Gasteiger partial charge on any atom is -0.330 e. The van der Waals surface area contributed by atoms with Gasteiger partial charge in [0.2, 0.25) is 0 Å². The highest BCUT2D eigenvalue weighted by Gasteiger charge is 2.13. The Morgan fingerprint density at radius 1 is 1.06 bits per heavy atom. The number of hydrogen-bond acceptors (Lipinski definition) is 2. The van der Waals surface area contributed by atoms with E-state index < -0.39 is 0 Å². The molecule has 102 valence electrons. The third kappa shape index (κ3) is 5.65. The first-order chi connectivity index (χ1) is 8.57. The van der Waals surface area contributed by atoms with Crippen molar-refractivity contribution < 1.29 is 0 Å². The van der Waals surface area contributed by atoms with E-state index in [0.717, 1.165) is 26.1 Å². The second-order valence-corrected chi connectivity index (χ2v) is 5.86. The molecule has 0 aliphatic heterocycles. The van der Waals surface area contributed by atoms with Gasteiger partial charge in [-0.05, 0) is 42.5 Å². The van der Waals surface area contributed by atoms with Crippen LogP contribution in [0.25, 0.3) is 0 Å². The lowest BCUT2D eigenvalue weighted by molar-refractivity contribution is 0.353. The number of benzene rings is 1. The molecule has 18 heavy (non-hydrogen) atoms. The van der Waals surface area contributed by atoms with Gasteiger partial charge in [0.25, 0.3) is 0 Å². The number of nitrogens with one attached hydrogen (secondary N) is 1. The van der Waals surface area contributed by atoms with Crippen LogP contribution in [-0.2, 0) is 12.8 Å². The second kappa shape index (κ2) is 7.55. The van der Waals surface area contributed by atoms with Crippen molar-refractivity contribution in [2.75, 3.05) is 19.6 Å². The highest BCUT2D eigenvalue weighted by molar-refractivity contribution is 5.22. The monoisotopic (exact) mass is 248 g/mol. The Balaban J connectivity index is 2.27. The lowest BCUT2D eigenvalue weighted by Crippen LogP contribution is -2.36. The summed E-state index contributed by atoms with van der Waals surface area (Å²) in [5, 5.41) is 3.48. The van der Waals surface area contributed by atoms with E-state index in [1.54, 1.807) is 0 Å². The lowest BCUT2D eigenvalue weighted by Gasteiger charge is -2.22. The molecule has 3 N–H and O–H groups in total. The van der Waals surface area contributed by atoms with E-state index in [4.69, 9.17) is 5.73 Å². The van der Waals surface area contributed by atoms with E-state index in [-0.39, 0.29) is 5.41 Å². The number of hydrogen-bond donors (Lipinski definition) is 2. The average Bonchev–Trinajstić information content (AvgIpc) is 2.37. The van der Waals surface area contributed by atoms with Crippen LogP contribution in [0.5, 0.6) is 0 Å². The van der Waals surface area contributed by atoms with Gasteiger partial charge in [0.15, 0.2) is 0 Å². The quantitative estimate of drug-likeness (QED) is 0.694.